The van der Waals surface area contributed by atoms with Gasteiger partial charge in [-0.3, -0.25) is 19.1 Å². The Hall–Kier alpha value is -3.96. The molecule has 0 unspecified atom stereocenters. The van der Waals surface area contributed by atoms with Crippen LogP contribution in [0, 0.1) is 5.92 Å². The van der Waals surface area contributed by atoms with Crippen LogP contribution in [0.25, 0.3) is 27.5 Å². The molecule has 0 aliphatic carbocycles. The number of pyridine rings is 2. The third kappa shape index (κ3) is 6.37. The first-order chi connectivity index (χ1) is 20.7. The molecule has 226 valence electrons. The Morgan fingerprint density at radius 1 is 1.14 bits per heavy atom. The Kier molecular flexibility index (Phi) is 9.31. The Morgan fingerprint density at radius 2 is 1.91 bits per heavy atom. The highest BCUT2D eigenvalue weighted by molar-refractivity contribution is 7.13. The third-order valence-corrected chi connectivity index (χ3v) is 8.37. The molecule has 1 aromatic carbocycles. The van der Waals surface area contributed by atoms with Crippen LogP contribution < -0.4 is 15.6 Å². The number of aryl methyl sites for hydroxylation is 1. The maximum Gasteiger partial charge on any atom is 0.280 e. The first-order valence-electron chi connectivity index (χ1n) is 14.4. The number of nitrogens with one attached hydrogen (secondary N) is 1. The van der Waals surface area contributed by atoms with Gasteiger partial charge in [0.2, 0.25) is 0 Å². The van der Waals surface area contributed by atoms with Crippen LogP contribution in [0.4, 0.5) is 8.78 Å². The van der Waals surface area contributed by atoms with Gasteiger partial charge in [0.05, 0.1) is 29.6 Å². The molecule has 3 aromatic heterocycles. The molecule has 1 fully saturated rings. The Balaban J connectivity index is 1.74. The molecule has 5 rings (SSSR count). The highest BCUT2D eigenvalue weighted by Gasteiger charge is 2.28. The van der Waals surface area contributed by atoms with Gasteiger partial charge >= 0.3 is 0 Å². The number of benzene rings is 1. The van der Waals surface area contributed by atoms with Crippen LogP contribution in [0.3, 0.4) is 0 Å². The number of thiazole rings is 1. The molecule has 1 aliphatic heterocycles. The summed E-state index contributed by atoms with van der Waals surface area (Å²) < 4.78 is 33.3. The number of piperazine rings is 1. The summed E-state index contributed by atoms with van der Waals surface area (Å²) in [7, 11) is 1.58. The number of hydrogen-bond acceptors (Lipinski definition) is 7. The fourth-order valence-corrected chi connectivity index (χ4v) is 6.10. The standard InChI is InChI=1S/C32H35F2N5O3S/c1-5-20-6-8-22(42-4)15-27(20)39-28(14-19(2)3)23(31(40)38-12-10-35-11-13-38)16-24(32(39)41)30-37-26(18-43-30)21-7-9-25(29(33)34)36-17-21/h6-9,15-19,29,35H,5,10-14H2,1-4H3. The highest BCUT2D eigenvalue weighted by atomic mass is 32.1. The summed E-state index contributed by atoms with van der Waals surface area (Å²) in [6.07, 6.45) is -0.137. The van der Waals surface area contributed by atoms with E-state index < -0.39 is 6.43 Å². The Morgan fingerprint density at radius 3 is 2.53 bits per heavy atom. The SMILES string of the molecule is CCc1ccc(OC)cc1-n1c(CC(C)C)c(C(=O)N2CCNCC2)cc(-c2nc(-c3ccc(C(F)F)nc3)cs2)c1=O. The minimum Gasteiger partial charge on any atom is -0.497 e. The average Bonchev–Trinajstić information content (AvgIpc) is 3.51. The molecule has 43 heavy (non-hydrogen) atoms. The van der Waals surface area contributed by atoms with Gasteiger partial charge in [0, 0.05) is 55.1 Å². The molecule has 11 heteroatoms. The van der Waals surface area contributed by atoms with Crippen molar-refractivity contribution in [3.05, 3.63) is 80.8 Å². The van der Waals surface area contributed by atoms with E-state index in [1.54, 1.807) is 29.2 Å². The third-order valence-electron chi connectivity index (χ3n) is 7.49. The van der Waals surface area contributed by atoms with Crippen molar-refractivity contribution in [1.29, 1.82) is 0 Å². The minimum absolute atomic E-state index is 0.128. The van der Waals surface area contributed by atoms with E-state index in [1.807, 2.05) is 30.0 Å². The van der Waals surface area contributed by atoms with Crippen LogP contribution in [-0.2, 0) is 12.8 Å². The van der Waals surface area contributed by atoms with Gasteiger partial charge in [-0.25, -0.2) is 13.8 Å². The van der Waals surface area contributed by atoms with Gasteiger partial charge in [0.25, 0.3) is 17.9 Å². The number of methoxy groups -OCH3 is 1. The molecular formula is C32H35F2N5O3S. The van der Waals surface area contributed by atoms with E-state index in [2.05, 4.69) is 24.1 Å². The number of alkyl halides is 2. The molecule has 1 N–H and O–H groups in total. The second-order valence-electron chi connectivity index (χ2n) is 10.9. The van der Waals surface area contributed by atoms with Gasteiger partial charge in [-0.2, -0.15) is 0 Å². The van der Waals surface area contributed by atoms with Crippen molar-refractivity contribution in [1.82, 2.24) is 24.8 Å². The molecule has 8 nitrogen and oxygen atoms in total. The first kappa shape index (κ1) is 30.5. The first-order valence-corrected chi connectivity index (χ1v) is 15.3. The maximum atomic E-state index is 14.5. The van der Waals surface area contributed by atoms with Gasteiger partial charge in [0.15, 0.2) is 0 Å². The number of carbonyl (C=O) groups excluding carboxylic acids is 1. The van der Waals surface area contributed by atoms with Crippen LogP contribution in [0.2, 0.25) is 0 Å². The predicted octanol–water partition coefficient (Wildman–Crippen LogP) is 5.78. The summed E-state index contributed by atoms with van der Waals surface area (Å²) in [6.45, 7) is 8.68. The monoisotopic (exact) mass is 607 g/mol. The normalized spacial score (nSPS) is 13.6. The van der Waals surface area contributed by atoms with Crippen molar-refractivity contribution < 1.29 is 18.3 Å². The molecule has 1 aliphatic rings. The second-order valence-corrected chi connectivity index (χ2v) is 11.7. The molecule has 1 saturated heterocycles. The lowest BCUT2D eigenvalue weighted by atomic mass is 9.98. The number of hydrogen-bond donors (Lipinski definition) is 1. The van der Waals surface area contributed by atoms with Crippen LogP contribution in [-0.4, -0.2) is 58.6 Å². The molecule has 4 heterocycles. The number of ether oxygens (including phenoxy) is 1. The minimum atomic E-state index is -2.67. The molecule has 0 atom stereocenters. The summed E-state index contributed by atoms with van der Waals surface area (Å²) in [5.41, 5.74) is 3.49. The van der Waals surface area contributed by atoms with E-state index in [9.17, 15) is 18.4 Å². The number of nitrogens with zero attached hydrogens (tertiary/aromatic N) is 4. The maximum absolute atomic E-state index is 14.5. The summed E-state index contributed by atoms with van der Waals surface area (Å²) in [6, 6.07) is 10.2. The van der Waals surface area contributed by atoms with Gasteiger partial charge < -0.3 is 15.0 Å². The van der Waals surface area contributed by atoms with Gasteiger partial charge in [-0.1, -0.05) is 26.8 Å². The molecule has 4 aromatic rings. The Bertz CT molecular complexity index is 1660. The quantitative estimate of drug-likeness (QED) is 0.260. The van der Waals surface area contributed by atoms with Gasteiger partial charge in [-0.05, 0) is 48.6 Å². The summed E-state index contributed by atoms with van der Waals surface area (Å²) in [5, 5.41) is 5.48. The molecule has 0 spiro atoms. The molecule has 0 bridgehead atoms. The molecule has 0 radical (unpaired) electrons. The van der Waals surface area contributed by atoms with Crippen molar-refractivity contribution >= 4 is 17.2 Å². The lowest BCUT2D eigenvalue weighted by Gasteiger charge is -2.29. The number of halogens is 2. The fraction of sp³-hybridized carbons (Fsp3) is 0.375. The predicted molar refractivity (Wildman–Crippen MR) is 165 cm³/mol. The zero-order chi connectivity index (χ0) is 30.7. The lowest BCUT2D eigenvalue weighted by Crippen LogP contribution is -2.47. The van der Waals surface area contributed by atoms with Crippen LogP contribution >= 0.6 is 11.3 Å². The van der Waals surface area contributed by atoms with Crippen molar-refractivity contribution in [2.24, 2.45) is 5.92 Å². The van der Waals surface area contributed by atoms with Crippen LogP contribution in [0.15, 0.2) is 52.8 Å². The average molecular weight is 608 g/mol. The molecule has 0 saturated carbocycles. The van der Waals surface area contributed by atoms with Crippen molar-refractivity contribution in [2.75, 3.05) is 33.3 Å². The van der Waals surface area contributed by atoms with Crippen LogP contribution in [0.5, 0.6) is 5.75 Å². The van der Waals surface area contributed by atoms with E-state index in [4.69, 9.17) is 9.72 Å². The largest absolute Gasteiger partial charge is 0.497 e. The lowest BCUT2D eigenvalue weighted by molar-refractivity contribution is 0.0733. The van der Waals surface area contributed by atoms with Gasteiger partial charge in [0.1, 0.15) is 16.5 Å². The van der Waals surface area contributed by atoms with Crippen molar-refractivity contribution in [3.8, 4) is 33.3 Å². The van der Waals surface area contributed by atoms with Crippen LogP contribution in [0.1, 0.15) is 54.5 Å². The summed E-state index contributed by atoms with van der Waals surface area (Å²) in [5.74, 6) is 0.639. The fourth-order valence-electron chi connectivity index (χ4n) is 5.27. The molecular weight excluding hydrogens is 572 g/mol. The number of amides is 1. The van der Waals surface area contributed by atoms with Crippen molar-refractivity contribution in [3.63, 3.8) is 0 Å². The van der Waals surface area contributed by atoms with E-state index in [1.165, 1.54) is 23.6 Å². The van der Waals surface area contributed by atoms with E-state index >= 15 is 0 Å². The summed E-state index contributed by atoms with van der Waals surface area (Å²) >= 11 is 1.26. The smallest absolute Gasteiger partial charge is 0.280 e. The number of aromatic nitrogens is 3. The topological polar surface area (TPSA) is 89.3 Å². The zero-order valence-electron chi connectivity index (χ0n) is 24.7. The van der Waals surface area contributed by atoms with E-state index in [0.29, 0.717) is 83.5 Å². The second kappa shape index (κ2) is 13.1. The Labute approximate surface area is 253 Å². The van der Waals surface area contributed by atoms with Gasteiger partial charge in [-0.15, -0.1) is 11.3 Å². The number of rotatable bonds is 9. The highest BCUT2D eigenvalue weighted by Crippen LogP contribution is 2.32. The van der Waals surface area contributed by atoms with E-state index in [0.717, 1.165) is 5.56 Å². The summed E-state index contributed by atoms with van der Waals surface area (Å²) in [4.78, 5) is 39.1. The zero-order valence-corrected chi connectivity index (χ0v) is 25.5. The number of carbonyl (C=O) groups is 1. The van der Waals surface area contributed by atoms with Crippen molar-refractivity contribution in [2.45, 2.75) is 40.0 Å². The van der Waals surface area contributed by atoms with E-state index in [-0.39, 0.29) is 23.1 Å². The molecule has 1 amide bonds.